The molecule has 0 saturated heterocycles. The minimum absolute atomic E-state index is 0.138. The number of anilines is 1. The molecule has 0 aliphatic rings. The third kappa shape index (κ3) is 1.63. The van der Waals surface area contributed by atoms with Crippen molar-refractivity contribution in [2.45, 2.75) is 13.3 Å². The monoisotopic (exact) mass is 186 g/mol. The number of aldehydes is 1. The van der Waals surface area contributed by atoms with E-state index < -0.39 is 6.43 Å². The summed E-state index contributed by atoms with van der Waals surface area (Å²) in [4.78, 5) is 13.9. The van der Waals surface area contributed by atoms with Crippen molar-refractivity contribution in [3.63, 3.8) is 0 Å². The predicted molar refractivity (Wildman–Crippen MR) is 43.7 cm³/mol. The number of pyridine rings is 1. The molecule has 0 radical (unpaired) electrons. The standard InChI is InChI=1S/C8H8F2N2O/c1-4-2-12-5(3-13)7(11)6(4)8(9)10/h2-3,8H,11H2,1H3. The molecule has 0 aromatic carbocycles. The number of hydrogen-bond donors (Lipinski definition) is 1. The van der Waals surface area contributed by atoms with Crippen LogP contribution in [0.2, 0.25) is 0 Å². The zero-order chi connectivity index (χ0) is 10.0. The summed E-state index contributed by atoms with van der Waals surface area (Å²) in [6.07, 6.45) is -1.11. The summed E-state index contributed by atoms with van der Waals surface area (Å²) < 4.78 is 24.8. The van der Waals surface area contributed by atoms with Crippen molar-refractivity contribution in [3.05, 3.63) is 23.0 Å². The van der Waals surface area contributed by atoms with Crippen LogP contribution in [-0.2, 0) is 0 Å². The second-order valence-corrected chi connectivity index (χ2v) is 2.57. The number of carbonyl (C=O) groups is 1. The number of nitrogen functional groups attached to an aromatic ring is 1. The van der Waals surface area contributed by atoms with Gasteiger partial charge in [-0.2, -0.15) is 0 Å². The van der Waals surface area contributed by atoms with E-state index in [1.165, 1.54) is 13.1 Å². The van der Waals surface area contributed by atoms with Crippen LogP contribution in [0, 0.1) is 6.92 Å². The summed E-state index contributed by atoms with van der Waals surface area (Å²) in [5, 5.41) is 0. The molecule has 0 spiro atoms. The van der Waals surface area contributed by atoms with E-state index in [2.05, 4.69) is 4.98 Å². The lowest BCUT2D eigenvalue weighted by molar-refractivity contribution is 0.111. The van der Waals surface area contributed by atoms with Crippen LogP contribution in [0.25, 0.3) is 0 Å². The Balaban J connectivity index is 3.38. The minimum atomic E-state index is -2.68. The van der Waals surface area contributed by atoms with Crippen LogP contribution in [0.3, 0.4) is 0 Å². The van der Waals surface area contributed by atoms with E-state index >= 15 is 0 Å². The fraction of sp³-hybridized carbons (Fsp3) is 0.250. The SMILES string of the molecule is Cc1cnc(C=O)c(N)c1C(F)F. The van der Waals surface area contributed by atoms with Gasteiger partial charge in [0, 0.05) is 11.8 Å². The maximum absolute atomic E-state index is 12.4. The van der Waals surface area contributed by atoms with Crippen molar-refractivity contribution in [2.24, 2.45) is 0 Å². The van der Waals surface area contributed by atoms with Gasteiger partial charge < -0.3 is 5.73 Å². The van der Waals surface area contributed by atoms with Gasteiger partial charge in [0.1, 0.15) is 5.69 Å². The number of halogens is 2. The van der Waals surface area contributed by atoms with E-state index in [-0.39, 0.29) is 22.5 Å². The topological polar surface area (TPSA) is 56.0 Å². The molecular weight excluding hydrogens is 178 g/mol. The molecule has 0 aliphatic heterocycles. The summed E-state index contributed by atoms with van der Waals surface area (Å²) >= 11 is 0. The van der Waals surface area contributed by atoms with E-state index in [0.717, 1.165) is 0 Å². The van der Waals surface area contributed by atoms with E-state index in [1.54, 1.807) is 0 Å². The summed E-state index contributed by atoms with van der Waals surface area (Å²) in [7, 11) is 0. The largest absolute Gasteiger partial charge is 0.396 e. The lowest BCUT2D eigenvalue weighted by Gasteiger charge is -2.08. The highest BCUT2D eigenvalue weighted by molar-refractivity contribution is 5.82. The van der Waals surface area contributed by atoms with Crippen LogP contribution < -0.4 is 5.73 Å². The Kier molecular flexibility index (Phi) is 2.55. The molecule has 1 rings (SSSR count). The van der Waals surface area contributed by atoms with Gasteiger partial charge in [-0.15, -0.1) is 0 Å². The van der Waals surface area contributed by atoms with Gasteiger partial charge in [0.05, 0.1) is 5.69 Å². The number of hydrogen-bond acceptors (Lipinski definition) is 3. The van der Waals surface area contributed by atoms with Gasteiger partial charge in [-0.25, -0.2) is 8.78 Å². The van der Waals surface area contributed by atoms with Crippen molar-refractivity contribution in [1.29, 1.82) is 0 Å². The number of nitrogens with two attached hydrogens (primary N) is 1. The first-order chi connectivity index (χ1) is 6.07. The first-order valence-corrected chi connectivity index (χ1v) is 3.56. The van der Waals surface area contributed by atoms with Crippen LogP contribution in [-0.4, -0.2) is 11.3 Å². The van der Waals surface area contributed by atoms with Gasteiger partial charge in [-0.05, 0) is 12.5 Å². The number of nitrogens with zero attached hydrogens (tertiary/aromatic N) is 1. The summed E-state index contributed by atoms with van der Waals surface area (Å²) in [6, 6.07) is 0. The van der Waals surface area contributed by atoms with Crippen LogP contribution in [0.5, 0.6) is 0 Å². The van der Waals surface area contributed by atoms with Crippen LogP contribution in [0.15, 0.2) is 6.20 Å². The Morgan fingerprint density at radius 2 is 2.23 bits per heavy atom. The summed E-state index contributed by atoms with van der Waals surface area (Å²) in [5.74, 6) is 0. The lowest BCUT2D eigenvalue weighted by atomic mass is 10.1. The van der Waals surface area contributed by atoms with Crippen molar-refractivity contribution in [1.82, 2.24) is 4.98 Å². The molecule has 3 nitrogen and oxygen atoms in total. The van der Waals surface area contributed by atoms with Gasteiger partial charge in [0.2, 0.25) is 0 Å². The number of aryl methyl sites for hydroxylation is 1. The highest BCUT2D eigenvalue weighted by atomic mass is 19.3. The van der Waals surface area contributed by atoms with E-state index in [9.17, 15) is 13.6 Å². The second kappa shape index (κ2) is 3.47. The smallest absolute Gasteiger partial charge is 0.266 e. The molecule has 1 aromatic heterocycles. The molecule has 1 aromatic rings. The highest BCUT2D eigenvalue weighted by Crippen LogP contribution is 2.28. The molecule has 2 N–H and O–H groups in total. The zero-order valence-corrected chi connectivity index (χ0v) is 6.92. The Morgan fingerprint density at radius 3 is 2.69 bits per heavy atom. The maximum Gasteiger partial charge on any atom is 0.266 e. The van der Waals surface area contributed by atoms with Crippen LogP contribution in [0.1, 0.15) is 28.0 Å². The minimum Gasteiger partial charge on any atom is -0.396 e. The summed E-state index contributed by atoms with van der Waals surface area (Å²) in [5.41, 5.74) is 4.93. The first-order valence-electron chi connectivity index (χ1n) is 3.56. The number of carbonyl (C=O) groups excluding carboxylic acids is 1. The molecule has 0 fully saturated rings. The van der Waals surface area contributed by atoms with E-state index in [4.69, 9.17) is 5.73 Å². The number of alkyl halides is 2. The Labute approximate surface area is 73.6 Å². The molecule has 0 unspecified atom stereocenters. The average molecular weight is 186 g/mol. The normalized spacial score (nSPS) is 10.5. The van der Waals surface area contributed by atoms with Gasteiger partial charge >= 0.3 is 0 Å². The fourth-order valence-corrected chi connectivity index (χ4v) is 1.04. The van der Waals surface area contributed by atoms with Gasteiger partial charge in [0.25, 0.3) is 6.43 Å². The van der Waals surface area contributed by atoms with Gasteiger partial charge in [-0.1, -0.05) is 0 Å². The van der Waals surface area contributed by atoms with E-state index in [1.807, 2.05) is 0 Å². The maximum atomic E-state index is 12.4. The molecule has 0 aliphatic carbocycles. The van der Waals surface area contributed by atoms with Gasteiger partial charge in [-0.3, -0.25) is 9.78 Å². The van der Waals surface area contributed by atoms with Crippen molar-refractivity contribution in [3.8, 4) is 0 Å². The zero-order valence-electron chi connectivity index (χ0n) is 6.92. The third-order valence-electron chi connectivity index (χ3n) is 1.72. The third-order valence-corrected chi connectivity index (χ3v) is 1.72. The fourth-order valence-electron chi connectivity index (χ4n) is 1.04. The number of aromatic nitrogens is 1. The van der Waals surface area contributed by atoms with Gasteiger partial charge in [0.15, 0.2) is 6.29 Å². The molecule has 13 heavy (non-hydrogen) atoms. The first kappa shape index (κ1) is 9.57. The van der Waals surface area contributed by atoms with Crippen molar-refractivity contribution >= 4 is 12.0 Å². The van der Waals surface area contributed by atoms with E-state index in [0.29, 0.717) is 6.29 Å². The predicted octanol–water partition coefficient (Wildman–Crippen LogP) is 1.72. The molecule has 0 saturated carbocycles. The Morgan fingerprint density at radius 1 is 1.62 bits per heavy atom. The van der Waals surface area contributed by atoms with Crippen molar-refractivity contribution in [2.75, 3.05) is 5.73 Å². The second-order valence-electron chi connectivity index (χ2n) is 2.57. The molecular formula is C8H8F2N2O. The van der Waals surface area contributed by atoms with Crippen molar-refractivity contribution < 1.29 is 13.6 Å². The molecule has 0 bridgehead atoms. The Bertz CT molecular complexity index is 339. The van der Waals surface area contributed by atoms with Crippen LogP contribution >= 0.6 is 0 Å². The molecule has 5 heteroatoms. The van der Waals surface area contributed by atoms with Crippen LogP contribution in [0.4, 0.5) is 14.5 Å². The highest BCUT2D eigenvalue weighted by Gasteiger charge is 2.17. The average Bonchev–Trinajstić information content (AvgIpc) is 2.04. The number of rotatable bonds is 2. The molecule has 0 amide bonds. The molecule has 70 valence electrons. The Hall–Kier alpha value is -1.52. The summed E-state index contributed by atoms with van der Waals surface area (Å²) in [6.45, 7) is 1.47. The quantitative estimate of drug-likeness (QED) is 0.715. The molecule has 1 heterocycles. The molecule has 0 atom stereocenters. The lowest BCUT2D eigenvalue weighted by Crippen LogP contribution is -2.04.